The molecule has 0 saturated carbocycles. The smallest absolute Gasteiger partial charge is 0.334 e. The third-order valence-corrected chi connectivity index (χ3v) is 1.39. The van der Waals surface area contributed by atoms with Crippen molar-refractivity contribution < 1.29 is 15.0 Å². The minimum atomic E-state index is -1.28. The van der Waals surface area contributed by atoms with E-state index in [4.69, 9.17) is 15.6 Å². The Bertz CT molecular complexity index is 265. The average Bonchev–Trinajstić information content (AvgIpc) is 1.94. The number of nitrogens with one attached hydrogen (secondary N) is 1. The molecular weight excluding hydrogens is 146 g/mol. The Balaban J connectivity index is 2.96. The zero-order valence-corrected chi connectivity index (χ0v) is 5.61. The molecule has 1 rings (SSSR count). The molecule has 0 bridgehead atoms. The molecule has 0 fully saturated rings. The lowest BCUT2D eigenvalue weighted by Crippen LogP contribution is -2.26. The van der Waals surface area contributed by atoms with Crippen LogP contribution in [0.3, 0.4) is 0 Å². The van der Waals surface area contributed by atoms with E-state index in [-0.39, 0.29) is 11.3 Å². The first-order valence-electron chi connectivity index (χ1n) is 3.01. The summed E-state index contributed by atoms with van der Waals surface area (Å²) in [6.07, 6.45) is 2.79. The van der Waals surface area contributed by atoms with Crippen molar-refractivity contribution in [1.82, 2.24) is 0 Å². The molecule has 0 heterocycles. The largest absolute Gasteiger partial charge is 0.478 e. The summed E-state index contributed by atoms with van der Waals surface area (Å²) >= 11 is 0. The molecule has 11 heavy (non-hydrogen) atoms. The van der Waals surface area contributed by atoms with Crippen molar-refractivity contribution in [3.8, 4) is 0 Å². The molecule has 0 amide bonds. The summed E-state index contributed by atoms with van der Waals surface area (Å²) in [5, 5.41) is 24.6. The molecule has 1 aliphatic rings. The van der Waals surface area contributed by atoms with Crippen LogP contribution in [0.5, 0.6) is 0 Å². The Morgan fingerprint density at radius 1 is 1.64 bits per heavy atom. The van der Waals surface area contributed by atoms with Gasteiger partial charge in [-0.25, -0.2) is 4.79 Å². The topological polar surface area (TPSA) is 81.4 Å². The number of hydrogen-bond donors (Lipinski definition) is 3. The first-order valence-corrected chi connectivity index (χ1v) is 3.01. The van der Waals surface area contributed by atoms with E-state index in [1.165, 1.54) is 18.2 Å². The molecule has 3 N–H and O–H groups in total. The standard InChI is InChI=1S/C7H7NO3/c8-5-3-1-2-4(6(5)9)7(10)11/h1-3,6,8-9H,(H,10,11). The zero-order valence-electron chi connectivity index (χ0n) is 5.61. The number of carboxylic acid groups (broad SMARTS) is 1. The van der Waals surface area contributed by atoms with Gasteiger partial charge in [0.25, 0.3) is 0 Å². The van der Waals surface area contributed by atoms with Gasteiger partial charge in [-0.15, -0.1) is 0 Å². The summed E-state index contributed by atoms with van der Waals surface area (Å²) in [6, 6.07) is 0. The molecule has 1 atom stereocenters. The molecule has 58 valence electrons. The van der Waals surface area contributed by atoms with E-state index >= 15 is 0 Å². The Kier molecular flexibility index (Phi) is 1.87. The normalized spacial score (nSPS) is 23.2. The monoisotopic (exact) mass is 153 g/mol. The summed E-state index contributed by atoms with van der Waals surface area (Å²) in [5.41, 5.74) is -0.248. The molecule has 0 spiro atoms. The molecule has 0 aliphatic heterocycles. The van der Waals surface area contributed by atoms with Crippen LogP contribution in [-0.4, -0.2) is 28.0 Å². The fourth-order valence-corrected chi connectivity index (χ4v) is 0.794. The van der Waals surface area contributed by atoms with Crippen LogP contribution in [0.4, 0.5) is 0 Å². The van der Waals surface area contributed by atoms with Gasteiger partial charge in [-0.3, -0.25) is 0 Å². The van der Waals surface area contributed by atoms with Gasteiger partial charge in [0.1, 0.15) is 6.10 Å². The highest BCUT2D eigenvalue weighted by Gasteiger charge is 2.22. The van der Waals surface area contributed by atoms with Crippen molar-refractivity contribution in [3.05, 3.63) is 23.8 Å². The second-order valence-electron chi connectivity index (χ2n) is 2.14. The lowest BCUT2D eigenvalue weighted by atomic mass is 10.0. The highest BCUT2D eigenvalue weighted by molar-refractivity contribution is 6.06. The summed E-state index contributed by atoms with van der Waals surface area (Å²) in [4.78, 5) is 10.4. The minimum absolute atomic E-state index is 0.0927. The SMILES string of the molecule is N=C1C=CC=C(C(=O)O)C1O. The van der Waals surface area contributed by atoms with Gasteiger partial charge in [0.15, 0.2) is 0 Å². The van der Waals surface area contributed by atoms with Gasteiger partial charge in [0, 0.05) is 0 Å². The fourth-order valence-electron chi connectivity index (χ4n) is 0.794. The van der Waals surface area contributed by atoms with Crippen molar-refractivity contribution in [1.29, 1.82) is 5.41 Å². The minimum Gasteiger partial charge on any atom is -0.478 e. The van der Waals surface area contributed by atoms with Crippen LogP contribution in [0.15, 0.2) is 23.8 Å². The number of aliphatic carboxylic acids is 1. The zero-order chi connectivity index (χ0) is 8.43. The van der Waals surface area contributed by atoms with E-state index in [0.29, 0.717) is 0 Å². The predicted molar refractivity (Wildman–Crippen MR) is 38.6 cm³/mol. The maximum Gasteiger partial charge on any atom is 0.334 e. The first kappa shape index (κ1) is 7.68. The van der Waals surface area contributed by atoms with Crippen molar-refractivity contribution >= 4 is 11.7 Å². The van der Waals surface area contributed by atoms with E-state index in [0.717, 1.165) is 0 Å². The third kappa shape index (κ3) is 1.35. The van der Waals surface area contributed by atoms with E-state index in [1.54, 1.807) is 0 Å². The van der Waals surface area contributed by atoms with Gasteiger partial charge in [0.05, 0.1) is 11.3 Å². The van der Waals surface area contributed by atoms with Crippen molar-refractivity contribution in [2.45, 2.75) is 6.10 Å². The summed E-state index contributed by atoms with van der Waals surface area (Å²) in [5.74, 6) is -1.19. The second-order valence-corrected chi connectivity index (χ2v) is 2.14. The van der Waals surface area contributed by atoms with Gasteiger partial charge in [-0.1, -0.05) is 6.08 Å². The van der Waals surface area contributed by atoms with Gasteiger partial charge in [-0.2, -0.15) is 0 Å². The highest BCUT2D eigenvalue weighted by atomic mass is 16.4. The van der Waals surface area contributed by atoms with Gasteiger partial charge in [-0.05, 0) is 12.2 Å². The van der Waals surface area contributed by atoms with E-state index in [9.17, 15) is 4.79 Å². The Morgan fingerprint density at radius 2 is 2.27 bits per heavy atom. The average molecular weight is 153 g/mol. The van der Waals surface area contributed by atoms with Gasteiger partial charge < -0.3 is 15.6 Å². The molecule has 1 unspecified atom stereocenters. The molecule has 0 aromatic carbocycles. The highest BCUT2D eigenvalue weighted by Crippen LogP contribution is 2.09. The van der Waals surface area contributed by atoms with E-state index in [2.05, 4.69) is 0 Å². The van der Waals surface area contributed by atoms with Gasteiger partial charge in [0.2, 0.25) is 0 Å². The Hall–Kier alpha value is -1.42. The maximum absolute atomic E-state index is 10.4. The molecule has 1 aliphatic carbocycles. The number of aliphatic hydroxyl groups excluding tert-OH is 1. The molecule has 4 heteroatoms. The van der Waals surface area contributed by atoms with Crippen LogP contribution in [0.25, 0.3) is 0 Å². The predicted octanol–water partition coefficient (Wildman–Crippen LogP) is -0.0521. The lowest BCUT2D eigenvalue weighted by Gasteiger charge is -2.12. The Labute approximate surface area is 63.0 Å². The molecule has 0 saturated heterocycles. The molecular formula is C7H7NO3. The summed E-state index contributed by atoms with van der Waals surface area (Å²) < 4.78 is 0. The number of carboxylic acids is 1. The second kappa shape index (κ2) is 2.67. The van der Waals surface area contributed by atoms with Crippen molar-refractivity contribution in [3.63, 3.8) is 0 Å². The van der Waals surface area contributed by atoms with E-state index < -0.39 is 12.1 Å². The Morgan fingerprint density at radius 3 is 2.73 bits per heavy atom. The molecule has 4 nitrogen and oxygen atoms in total. The van der Waals surface area contributed by atoms with Crippen LogP contribution in [0, 0.1) is 5.41 Å². The van der Waals surface area contributed by atoms with Crippen LogP contribution in [0.1, 0.15) is 0 Å². The molecule has 0 aromatic rings. The maximum atomic E-state index is 10.4. The quantitative estimate of drug-likeness (QED) is 0.494. The summed E-state index contributed by atoms with van der Waals surface area (Å²) in [6.45, 7) is 0. The molecule has 0 aromatic heterocycles. The van der Waals surface area contributed by atoms with Crippen LogP contribution in [0.2, 0.25) is 0 Å². The first-order chi connectivity index (χ1) is 5.13. The van der Waals surface area contributed by atoms with Crippen molar-refractivity contribution in [2.24, 2.45) is 0 Å². The third-order valence-electron chi connectivity index (χ3n) is 1.39. The van der Waals surface area contributed by atoms with Gasteiger partial charge >= 0.3 is 5.97 Å². The number of rotatable bonds is 1. The molecule has 0 radical (unpaired) electrons. The number of hydrogen-bond acceptors (Lipinski definition) is 3. The van der Waals surface area contributed by atoms with Crippen LogP contribution in [-0.2, 0) is 4.79 Å². The van der Waals surface area contributed by atoms with Crippen LogP contribution < -0.4 is 0 Å². The number of aliphatic hydroxyl groups is 1. The number of allylic oxidation sites excluding steroid dienone is 2. The fraction of sp³-hybridized carbons (Fsp3) is 0.143. The lowest BCUT2D eigenvalue weighted by molar-refractivity contribution is -0.133. The number of carbonyl (C=O) groups is 1. The van der Waals surface area contributed by atoms with Crippen molar-refractivity contribution in [2.75, 3.05) is 0 Å². The summed E-state index contributed by atoms with van der Waals surface area (Å²) in [7, 11) is 0. The van der Waals surface area contributed by atoms with Crippen LogP contribution >= 0.6 is 0 Å². The van der Waals surface area contributed by atoms with E-state index in [1.807, 2.05) is 0 Å².